The van der Waals surface area contributed by atoms with Crippen molar-refractivity contribution in [1.82, 2.24) is 0 Å². The summed E-state index contributed by atoms with van der Waals surface area (Å²) in [5.74, 6) is 0.116. The number of rotatable bonds is 2. The van der Waals surface area contributed by atoms with Crippen LogP contribution in [-0.2, 0) is 0 Å². The normalized spacial score (nSPS) is 13.4. The van der Waals surface area contributed by atoms with Gasteiger partial charge in [0.2, 0.25) is 0 Å². The summed E-state index contributed by atoms with van der Waals surface area (Å²) in [4.78, 5) is 0. The fourth-order valence-corrected chi connectivity index (χ4v) is 1.98. The van der Waals surface area contributed by atoms with E-state index in [2.05, 4.69) is 15.9 Å². The Morgan fingerprint density at radius 1 is 1.50 bits per heavy atom. The Balaban J connectivity index is 2.63. The molecule has 0 aliphatic rings. The maximum absolute atomic E-state index is 9.08. The summed E-state index contributed by atoms with van der Waals surface area (Å²) in [6.45, 7) is 2.12. The number of hydrogen-bond acceptors (Lipinski definition) is 2. The Labute approximate surface area is 90.7 Å². The third-order valence-corrected chi connectivity index (χ3v) is 3.01. The first kappa shape index (κ1) is 9.74. The number of furan rings is 1. The molecule has 1 heterocycles. The SMILES string of the molecule is CC(CO)c1coc2c(Br)cccc12. The quantitative estimate of drug-likeness (QED) is 0.893. The second-order valence-corrected chi connectivity index (χ2v) is 4.25. The van der Waals surface area contributed by atoms with Gasteiger partial charge < -0.3 is 9.52 Å². The number of aliphatic hydroxyl groups is 1. The van der Waals surface area contributed by atoms with Gasteiger partial charge in [-0.2, -0.15) is 0 Å². The summed E-state index contributed by atoms with van der Waals surface area (Å²) in [6.07, 6.45) is 1.72. The van der Waals surface area contributed by atoms with Crippen LogP contribution in [0, 0.1) is 0 Å². The first-order valence-electron chi connectivity index (χ1n) is 4.50. The lowest BCUT2D eigenvalue weighted by atomic mass is 10.0. The van der Waals surface area contributed by atoms with Crippen LogP contribution in [0.25, 0.3) is 11.0 Å². The standard InChI is InChI=1S/C11H11BrO2/c1-7(5-13)9-6-14-11-8(9)3-2-4-10(11)12/h2-4,6-7,13H,5H2,1H3. The Kier molecular flexibility index (Phi) is 2.61. The summed E-state index contributed by atoms with van der Waals surface area (Å²) >= 11 is 3.42. The van der Waals surface area contributed by atoms with Gasteiger partial charge in [-0.25, -0.2) is 0 Å². The van der Waals surface area contributed by atoms with Crippen molar-refractivity contribution in [2.45, 2.75) is 12.8 Å². The van der Waals surface area contributed by atoms with E-state index in [0.717, 1.165) is 21.0 Å². The molecule has 2 rings (SSSR count). The summed E-state index contributed by atoms with van der Waals surface area (Å²) in [6, 6.07) is 5.92. The molecule has 2 aromatic rings. The van der Waals surface area contributed by atoms with Crippen molar-refractivity contribution >= 4 is 26.9 Å². The molecule has 1 aromatic carbocycles. The first-order chi connectivity index (χ1) is 6.74. The minimum absolute atomic E-state index is 0.116. The zero-order valence-electron chi connectivity index (χ0n) is 7.83. The highest BCUT2D eigenvalue weighted by atomic mass is 79.9. The maximum atomic E-state index is 9.08. The number of hydrogen-bond donors (Lipinski definition) is 1. The van der Waals surface area contributed by atoms with Gasteiger partial charge in [0.1, 0.15) is 5.58 Å². The van der Waals surface area contributed by atoms with Crippen LogP contribution in [0.5, 0.6) is 0 Å². The van der Waals surface area contributed by atoms with Gasteiger partial charge in [-0.1, -0.05) is 19.1 Å². The summed E-state index contributed by atoms with van der Waals surface area (Å²) < 4.78 is 6.40. The third-order valence-electron chi connectivity index (χ3n) is 2.39. The predicted octanol–water partition coefficient (Wildman–Crippen LogP) is 3.29. The van der Waals surface area contributed by atoms with Crippen LogP contribution >= 0.6 is 15.9 Å². The molecule has 0 radical (unpaired) electrons. The fraction of sp³-hybridized carbons (Fsp3) is 0.273. The number of aliphatic hydroxyl groups excluding tert-OH is 1. The van der Waals surface area contributed by atoms with E-state index in [1.807, 2.05) is 25.1 Å². The van der Waals surface area contributed by atoms with Crippen molar-refractivity contribution in [2.75, 3.05) is 6.61 Å². The molecule has 1 aromatic heterocycles. The second kappa shape index (κ2) is 3.75. The van der Waals surface area contributed by atoms with E-state index in [4.69, 9.17) is 9.52 Å². The van der Waals surface area contributed by atoms with Crippen molar-refractivity contribution in [2.24, 2.45) is 0 Å². The van der Waals surface area contributed by atoms with Crippen LogP contribution in [0.3, 0.4) is 0 Å². The zero-order chi connectivity index (χ0) is 10.1. The smallest absolute Gasteiger partial charge is 0.148 e. The van der Waals surface area contributed by atoms with E-state index in [1.165, 1.54) is 0 Å². The summed E-state index contributed by atoms with van der Waals surface area (Å²) in [7, 11) is 0. The summed E-state index contributed by atoms with van der Waals surface area (Å²) in [5, 5.41) is 10.2. The van der Waals surface area contributed by atoms with Gasteiger partial charge in [-0.05, 0) is 22.0 Å². The first-order valence-corrected chi connectivity index (χ1v) is 5.30. The molecule has 0 spiro atoms. The van der Waals surface area contributed by atoms with E-state index in [0.29, 0.717) is 0 Å². The molecule has 0 saturated carbocycles. The van der Waals surface area contributed by atoms with Crippen molar-refractivity contribution in [3.05, 3.63) is 34.5 Å². The van der Waals surface area contributed by atoms with Gasteiger partial charge in [0.05, 0.1) is 10.7 Å². The van der Waals surface area contributed by atoms with Crippen LogP contribution in [0.1, 0.15) is 18.4 Å². The van der Waals surface area contributed by atoms with Gasteiger partial charge in [0, 0.05) is 23.5 Å². The Morgan fingerprint density at radius 2 is 2.29 bits per heavy atom. The lowest BCUT2D eigenvalue weighted by Gasteiger charge is -2.04. The largest absolute Gasteiger partial charge is 0.463 e. The van der Waals surface area contributed by atoms with Crippen molar-refractivity contribution < 1.29 is 9.52 Å². The third kappa shape index (κ3) is 1.47. The molecule has 0 saturated heterocycles. The van der Waals surface area contributed by atoms with E-state index >= 15 is 0 Å². The molecule has 74 valence electrons. The zero-order valence-corrected chi connectivity index (χ0v) is 9.41. The fourth-order valence-electron chi connectivity index (χ4n) is 1.52. The molecule has 1 atom stereocenters. The van der Waals surface area contributed by atoms with E-state index in [-0.39, 0.29) is 12.5 Å². The highest BCUT2D eigenvalue weighted by Gasteiger charge is 2.13. The average molecular weight is 255 g/mol. The maximum Gasteiger partial charge on any atom is 0.148 e. The van der Waals surface area contributed by atoms with Crippen LogP contribution in [-0.4, -0.2) is 11.7 Å². The molecule has 14 heavy (non-hydrogen) atoms. The van der Waals surface area contributed by atoms with E-state index < -0.39 is 0 Å². The molecule has 2 nitrogen and oxygen atoms in total. The molecular formula is C11H11BrO2. The Bertz CT molecular complexity index is 447. The van der Waals surface area contributed by atoms with Gasteiger partial charge in [0.25, 0.3) is 0 Å². The lowest BCUT2D eigenvalue weighted by molar-refractivity contribution is 0.273. The lowest BCUT2D eigenvalue weighted by Crippen LogP contribution is -1.96. The number of para-hydroxylation sites is 1. The minimum atomic E-state index is 0.116. The van der Waals surface area contributed by atoms with Crippen LogP contribution < -0.4 is 0 Å². The highest BCUT2D eigenvalue weighted by molar-refractivity contribution is 9.10. The summed E-state index contributed by atoms with van der Waals surface area (Å²) in [5.41, 5.74) is 1.91. The predicted molar refractivity (Wildman–Crippen MR) is 59.4 cm³/mol. The molecule has 0 aliphatic carbocycles. The molecule has 1 N–H and O–H groups in total. The molecular weight excluding hydrogens is 244 g/mol. The van der Waals surface area contributed by atoms with Crippen LogP contribution in [0.15, 0.2) is 33.4 Å². The molecule has 3 heteroatoms. The topological polar surface area (TPSA) is 33.4 Å². The van der Waals surface area contributed by atoms with Crippen molar-refractivity contribution in [3.63, 3.8) is 0 Å². The molecule has 0 bridgehead atoms. The van der Waals surface area contributed by atoms with E-state index in [1.54, 1.807) is 6.26 Å². The van der Waals surface area contributed by atoms with E-state index in [9.17, 15) is 0 Å². The van der Waals surface area contributed by atoms with Crippen molar-refractivity contribution in [3.8, 4) is 0 Å². The van der Waals surface area contributed by atoms with Crippen LogP contribution in [0.4, 0.5) is 0 Å². The molecule has 0 amide bonds. The van der Waals surface area contributed by atoms with Gasteiger partial charge >= 0.3 is 0 Å². The van der Waals surface area contributed by atoms with Gasteiger partial charge in [-0.15, -0.1) is 0 Å². The molecule has 1 unspecified atom stereocenters. The molecule has 0 fully saturated rings. The number of benzene rings is 1. The van der Waals surface area contributed by atoms with Crippen molar-refractivity contribution in [1.29, 1.82) is 0 Å². The monoisotopic (exact) mass is 254 g/mol. The second-order valence-electron chi connectivity index (χ2n) is 3.39. The molecule has 0 aliphatic heterocycles. The number of fused-ring (bicyclic) bond motifs is 1. The van der Waals surface area contributed by atoms with Crippen LogP contribution in [0.2, 0.25) is 0 Å². The number of halogens is 1. The minimum Gasteiger partial charge on any atom is -0.463 e. The van der Waals surface area contributed by atoms with Gasteiger partial charge in [0.15, 0.2) is 0 Å². The van der Waals surface area contributed by atoms with Gasteiger partial charge in [-0.3, -0.25) is 0 Å². The highest BCUT2D eigenvalue weighted by Crippen LogP contribution is 2.31. The average Bonchev–Trinajstić information content (AvgIpc) is 2.62. The Hall–Kier alpha value is -0.800. The Morgan fingerprint density at radius 3 is 3.00 bits per heavy atom.